The lowest BCUT2D eigenvalue weighted by molar-refractivity contribution is 0.119. The Morgan fingerprint density at radius 1 is 1.19 bits per heavy atom. The zero-order valence-corrected chi connectivity index (χ0v) is 18.7. The van der Waals surface area contributed by atoms with Gasteiger partial charge in [0.15, 0.2) is 5.96 Å². The maximum atomic E-state index is 5.69. The van der Waals surface area contributed by atoms with Gasteiger partial charge in [-0.2, -0.15) is 0 Å². The Hall–Kier alpha value is -1.81. The third-order valence-corrected chi connectivity index (χ3v) is 3.89. The van der Waals surface area contributed by atoms with Crippen LogP contribution in [0.2, 0.25) is 0 Å². The summed E-state index contributed by atoms with van der Waals surface area (Å²) in [5.74, 6) is 3.07. The van der Waals surface area contributed by atoms with Crippen LogP contribution in [-0.4, -0.2) is 38.3 Å². The fourth-order valence-electron chi connectivity index (χ4n) is 2.29. The van der Waals surface area contributed by atoms with Gasteiger partial charge in [0.25, 0.3) is 0 Å². The van der Waals surface area contributed by atoms with E-state index in [0.29, 0.717) is 31.6 Å². The summed E-state index contributed by atoms with van der Waals surface area (Å²) in [6, 6.07) is 7.89. The van der Waals surface area contributed by atoms with Crippen molar-refractivity contribution in [1.29, 1.82) is 0 Å². The molecule has 0 fully saturated rings. The number of hydrogen-bond donors (Lipinski definition) is 2. The highest BCUT2D eigenvalue weighted by Gasteiger charge is 2.06. The highest BCUT2D eigenvalue weighted by molar-refractivity contribution is 14.0. The van der Waals surface area contributed by atoms with Crippen LogP contribution >= 0.6 is 24.0 Å². The summed E-state index contributed by atoms with van der Waals surface area (Å²) in [5, 5.41) is 6.43. The van der Waals surface area contributed by atoms with Crippen LogP contribution in [0.3, 0.4) is 0 Å². The van der Waals surface area contributed by atoms with Gasteiger partial charge in [-0.1, -0.05) is 12.1 Å². The van der Waals surface area contributed by atoms with Gasteiger partial charge in [-0.25, -0.2) is 4.98 Å². The van der Waals surface area contributed by atoms with E-state index in [0.717, 1.165) is 35.7 Å². The van der Waals surface area contributed by atoms with Gasteiger partial charge in [-0.3, -0.25) is 4.99 Å². The monoisotopic (exact) mass is 488 g/mol. The molecule has 0 saturated carbocycles. The van der Waals surface area contributed by atoms with Crippen LogP contribution < -0.4 is 15.4 Å². The van der Waals surface area contributed by atoms with Crippen molar-refractivity contribution < 1.29 is 13.9 Å². The Balaban J connectivity index is 0.00000364. The summed E-state index contributed by atoms with van der Waals surface area (Å²) in [6.07, 6.45) is 0.883. The zero-order chi connectivity index (χ0) is 18.8. The molecule has 2 N–H and O–H groups in total. The largest absolute Gasteiger partial charge is 0.497 e. The van der Waals surface area contributed by atoms with E-state index in [-0.39, 0.29) is 24.0 Å². The second-order valence-corrected chi connectivity index (χ2v) is 5.86. The lowest BCUT2D eigenvalue weighted by Crippen LogP contribution is -2.37. The molecule has 27 heavy (non-hydrogen) atoms. The molecule has 0 atom stereocenters. The third-order valence-electron chi connectivity index (χ3n) is 3.89. The van der Waals surface area contributed by atoms with Crippen molar-refractivity contribution in [2.45, 2.75) is 33.4 Å². The highest BCUT2D eigenvalue weighted by atomic mass is 127. The molecule has 1 heterocycles. The molecule has 150 valence electrons. The molecule has 0 aliphatic rings. The van der Waals surface area contributed by atoms with Gasteiger partial charge in [0, 0.05) is 20.2 Å². The first kappa shape index (κ1) is 23.2. The Morgan fingerprint density at radius 2 is 1.93 bits per heavy atom. The van der Waals surface area contributed by atoms with Crippen molar-refractivity contribution in [3.8, 4) is 5.75 Å². The van der Waals surface area contributed by atoms with Gasteiger partial charge in [0.1, 0.15) is 11.5 Å². The van der Waals surface area contributed by atoms with Crippen molar-refractivity contribution in [3.63, 3.8) is 0 Å². The number of ether oxygens (including phenoxy) is 2. The van der Waals surface area contributed by atoms with Crippen molar-refractivity contribution in [1.82, 2.24) is 15.6 Å². The summed E-state index contributed by atoms with van der Waals surface area (Å²) in [5.41, 5.74) is 2.05. The molecule has 0 amide bonds. The van der Waals surface area contributed by atoms with Crippen LogP contribution in [0.15, 0.2) is 33.7 Å². The number of halogens is 1. The molecule has 0 aliphatic heterocycles. The molecule has 1 aromatic heterocycles. The van der Waals surface area contributed by atoms with Gasteiger partial charge >= 0.3 is 0 Å². The maximum Gasteiger partial charge on any atom is 0.214 e. The van der Waals surface area contributed by atoms with Crippen molar-refractivity contribution in [2.24, 2.45) is 4.99 Å². The molecule has 0 radical (unpaired) electrons. The third kappa shape index (κ3) is 8.17. The first-order valence-corrected chi connectivity index (χ1v) is 8.70. The number of guanidine groups is 1. The number of benzene rings is 1. The molecule has 2 aromatic rings. The zero-order valence-electron chi connectivity index (χ0n) is 16.4. The van der Waals surface area contributed by atoms with Crippen LogP contribution in [0.25, 0.3) is 0 Å². The molecule has 0 saturated heterocycles. The smallest absolute Gasteiger partial charge is 0.214 e. The minimum absolute atomic E-state index is 0. The van der Waals surface area contributed by atoms with Crippen molar-refractivity contribution in [3.05, 3.63) is 47.2 Å². The number of hydrogen-bond acceptors (Lipinski definition) is 5. The number of methoxy groups -OCH3 is 1. The number of rotatable bonds is 9. The van der Waals surface area contributed by atoms with Crippen LogP contribution in [0.1, 0.15) is 29.3 Å². The first-order chi connectivity index (χ1) is 12.6. The summed E-state index contributed by atoms with van der Waals surface area (Å²) in [7, 11) is 3.40. The predicted molar refractivity (Wildman–Crippen MR) is 117 cm³/mol. The van der Waals surface area contributed by atoms with Gasteiger partial charge in [-0.05, 0) is 38.0 Å². The number of aryl methyl sites for hydroxylation is 2. The second-order valence-electron chi connectivity index (χ2n) is 5.86. The first-order valence-electron chi connectivity index (χ1n) is 8.70. The van der Waals surface area contributed by atoms with Crippen molar-refractivity contribution >= 4 is 29.9 Å². The Kier molecular flexibility index (Phi) is 10.8. The molecular formula is C19H29IN4O3. The minimum atomic E-state index is 0. The SMILES string of the molecule is CN=C(NCCCOCc1ccc(OC)cc1)NCc1nc(C)c(C)o1.I. The number of nitrogens with one attached hydrogen (secondary N) is 2. The topological polar surface area (TPSA) is 80.9 Å². The average molecular weight is 488 g/mol. The quantitative estimate of drug-likeness (QED) is 0.244. The normalized spacial score (nSPS) is 11.0. The van der Waals surface area contributed by atoms with E-state index in [9.17, 15) is 0 Å². The van der Waals surface area contributed by atoms with Gasteiger partial charge in [0.2, 0.25) is 5.89 Å². The van der Waals surface area contributed by atoms with E-state index in [4.69, 9.17) is 13.9 Å². The number of nitrogens with zero attached hydrogens (tertiary/aromatic N) is 2. The fourth-order valence-corrected chi connectivity index (χ4v) is 2.29. The van der Waals surface area contributed by atoms with E-state index in [1.165, 1.54) is 0 Å². The summed E-state index contributed by atoms with van der Waals surface area (Å²) < 4.78 is 16.4. The van der Waals surface area contributed by atoms with Crippen LogP contribution in [0.5, 0.6) is 5.75 Å². The average Bonchev–Trinajstić information content (AvgIpc) is 2.98. The molecule has 0 unspecified atom stereocenters. The van der Waals surface area contributed by atoms with Gasteiger partial charge in [0.05, 0.1) is 26.0 Å². The molecule has 1 aromatic carbocycles. The van der Waals surface area contributed by atoms with E-state index < -0.39 is 0 Å². The molecule has 2 rings (SSSR count). The highest BCUT2D eigenvalue weighted by Crippen LogP contribution is 2.12. The molecule has 8 heteroatoms. The fraction of sp³-hybridized carbons (Fsp3) is 0.474. The van der Waals surface area contributed by atoms with Crippen LogP contribution in [-0.2, 0) is 17.9 Å². The minimum Gasteiger partial charge on any atom is -0.497 e. The molecular weight excluding hydrogens is 459 g/mol. The summed E-state index contributed by atoms with van der Waals surface area (Å²) >= 11 is 0. The predicted octanol–water partition coefficient (Wildman–Crippen LogP) is 3.19. The van der Waals surface area contributed by atoms with E-state index in [1.807, 2.05) is 38.1 Å². The van der Waals surface area contributed by atoms with Crippen molar-refractivity contribution in [2.75, 3.05) is 27.3 Å². The Morgan fingerprint density at radius 3 is 2.52 bits per heavy atom. The lowest BCUT2D eigenvalue weighted by atomic mass is 10.2. The van der Waals surface area contributed by atoms with Crippen LogP contribution in [0.4, 0.5) is 0 Å². The second kappa shape index (κ2) is 12.6. The molecule has 0 aliphatic carbocycles. The Labute approximate surface area is 178 Å². The van der Waals surface area contributed by atoms with Gasteiger partial charge in [-0.15, -0.1) is 24.0 Å². The number of aromatic nitrogens is 1. The van der Waals surface area contributed by atoms with E-state index in [2.05, 4.69) is 20.6 Å². The molecule has 0 bridgehead atoms. The lowest BCUT2D eigenvalue weighted by Gasteiger charge is -2.11. The van der Waals surface area contributed by atoms with Gasteiger partial charge < -0.3 is 24.5 Å². The van der Waals surface area contributed by atoms with E-state index in [1.54, 1.807) is 14.2 Å². The maximum absolute atomic E-state index is 5.69. The molecule has 7 nitrogen and oxygen atoms in total. The molecule has 0 spiro atoms. The Bertz CT molecular complexity index is 682. The number of aliphatic imine (C=N–C) groups is 1. The summed E-state index contributed by atoms with van der Waals surface area (Å²) in [6.45, 7) is 6.38. The standard InChI is InChI=1S/C19H28N4O3.HI/c1-14-15(2)26-18(23-14)12-22-19(20-3)21-10-5-11-25-13-16-6-8-17(24-4)9-7-16;/h6-9H,5,10-13H2,1-4H3,(H2,20,21,22);1H. The number of oxazole rings is 1. The van der Waals surface area contributed by atoms with Crippen LogP contribution in [0, 0.1) is 13.8 Å². The summed E-state index contributed by atoms with van der Waals surface area (Å²) in [4.78, 5) is 8.52. The van der Waals surface area contributed by atoms with E-state index >= 15 is 0 Å².